The topological polar surface area (TPSA) is 73.3 Å². The molecule has 1 atom stereocenters. The molecular weight excluding hydrogens is 234 g/mol. The molecule has 0 saturated carbocycles. The SMILES string of the molecule is COC(=O)c1nccnc1NCC1CCCOC1. The zero-order valence-corrected chi connectivity index (χ0v) is 10.4. The van der Waals surface area contributed by atoms with Crippen LogP contribution in [0.2, 0.25) is 0 Å². The third kappa shape index (κ3) is 3.16. The highest BCUT2D eigenvalue weighted by molar-refractivity contribution is 5.92. The van der Waals surface area contributed by atoms with Crippen molar-refractivity contribution in [2.75, 3.05) is 32.2 Å². The molecule has 6 heteroatoms. The minimum atomic E-state index is -0.481. The number of aromatic nitrogens is 2. The lowest BCUT2D eigenvalue weighted by molar-refractivity contribution is 0.0588. The first-order valence-electron chi connectivity index (χ1n) is 6.02. The van der Waals surface area contributed by atoms with E-state index >= 15 is 0 Å². The van der Waals surface area contributed by atoms with Crippen LogP contribution in [-0.4, -0.2) is 42.8 Å². The molecule has 0 aromatic carbocycles. The lowest BCUT2D eigenvalue weighted by Crippen LogP contribution is -2.25. The lowest BCUT2D eigenvalue weighted by atomic mass is 10.0. The third-order valence-electron chi connectivity index (χ3n) is 2.89. The van der Waals surface area contributed by atoms with Gasteiger partial charge in [0.1, 0.15) is 0 Å². The Morgan fingerprint density at radius 3 is 3.11 bits per heavy atom. The van der Waals surface area contributed by atoms with E-state index in [1.165, 1.54) is 13.3 Å². The summed E-state index contributed by atoms with van der Waals surface area (Å²) in [5, 5.41) is 3.14. The van der Waals surface area contributed by atoms with E-state index in [0.29, 0.717) is 11.7 Å². The standard InChI is InChI=1S/C12H17N3O3/c1-17-12(16)10-11(14-5-4-13-10)15-7-9-3-2-6-18-8-9/h4-5,9H,2-3,6-8H2,1H3,(H,14,15). The second-order valence-corrected chi connectivity index (χ2v) is 4.21. The van der Waals surface area contributed by atoms with Gasteiger partial charge in [-0.1, -0.05) is 0 Å². The van der Waals surface area contributed by atoms with Crippen LogP contribution >= 0.6 is 0 Å². The van der Waals surface area contributed by atoms with Crippen LogP contribution in [0.4, 0.5) is 5.82 Å². The number of ether oxygens (including phenoxy) is 2. The largest absolute Gasteiger partial charge is 0.464 e. The van der Waals surface area contributed by atoms with Gasteiger partial charge in [-0.15, -0.1) is 0 Å². The van der Waals surface area contributed by atoms with Gasteiger partial charge in [0, 0.05) is 25.5 Å². The van der Waals surface area contributed by atoms with Crippen molar-refractivity contribution in [2.24, 2.45) is 5.92 Å². The first-order chi connectivity index (χ1) is 8.81. The van der Waals surface area contributed by atoms with E-state index in [9.17, 15) is 4.79 Å². The van der Waals surface area contributed by atoms with Crippen LogP contribution in [0.25, 0.3) is 0 Å². The third-order valence-corrected chi connectivity index (χ3v) is 2.89. The summed E-state index contributed by atoms with van der Waals surface area (Å²) in [6, 6.07) is 0. The molecule has 1 aliphatic rings. The Morgan fingerprint density at radius 1 is 1.56 bits per heavy atom. The van der Waals surface area contributed by atoms with Gasteiger partial charge in [0.05, 0.1) is 13.7 Å². The molecule has 6 nitrogen and oxygen atoms in total. The van der Waals surface area contributed by atoms with Crippen LogP contribution in [0.1, 0.15) is 23.3 Å². The molecule has 2 heterocycles. The van der Waals surface area contributed by atoms with Gasteiger partial charge < -0.3 is 14.8 Å². The Hall–Kier alpha value is -1.69. The minimum absolute atomic E-state index is 0.219. The second-order valence-electron chi connectivity index (χ2n) is 4.21. The fourth-order valence-corrected chi connectivity index (χ4v) is 1.92. The number of carbonyl (C=O) groups excluding carboxylic acids is 1. The molecule has 1 N–H and O–H groups in total. The molecular formula is C12H17N3O3. The van der Waals surface area contributed by atoms with Crippen LogP contribution in [0.5, 0.6) is 0 Å². The van der Waals surface area contributed by atoms with Crippen LogP contribution < -0.4 is 5.32 Å². The van der Waals surface area contributed by atoms with E-state index in [1.807, 2.05) is 0 Å². The zero-order valence-electron chi connectivity index (χ0n) is 10.4. The number of rotatable bonds is 4. The predicted molar refractivity (Wildman–Crippen MR) is 65.4 cm³/mol. The lowest BCUT2D eigenvalue weighted by Gasteiger charge is -2.22. The molecule has 0 amide bonds. The van der Waals surface area contributed by atoms with Crippen LogP contribution in [0.15, 0.2) is 12.4 Å². The van der Waals surface area contributed by atoms with Crippen molar-refractivity contribution in [2.45, 2.75) is 12.8 Å². The molecule has 98 valence electrons. The second kappa shape index (κ2) is 6.30. The van der Waals surface area contributed by atoms with Crippen molar-refractivity contribution in [3.05, 3.63) is 18.1 Å². The highest BCUT2D eigenvalue weighted by atomic mass is 16.5. The fraction of sp³-hybridized carbons (Fsp3) is 0.583. The molecule has 1 aromatic rings. The molecule has 0 spiro atoms. The Morgan fingerprint density at radius 2 is 2.39 bits per heavy atom. The number of methoxy groups -OCH3 is 1. The molecule has 1 saturated heterocycles. The number of carbonyl (C=O) groups is 1. The molecule has 1 fully saturated rings. The summed E-state index contributed by atoms with van der Waals surface area (Å²) in [5.74, 6) is 0.437. The zero-order chi connectivity index (χ0) is 12.8. The molecule has 0 radical (unpaired) electrons. The quantitative estimate of drug-likeness (QED) is 0.808. The van der Waals surface area contributed by atoms with Gasteiger partial charge in [0.2, 0.25) is 0 Å². The van der Waals surface area contributed by atoms with Gasteiger partial charge in [-0.2, -0.15) is 0 Å². The van der Waals surface area contributed by atoms with Gasteiger partial charge in [0.25, 0.3) is 0 Å². The maximum Gasteiger partial charge on any atom is 0.360 e. The maximum atomic E-state index is 11.5. The van der Waals surface area contributed by atoms with Gasteiger partial charge in [-0.05, 0) is 18.8 Å². The Labute approximate surface area is 106 Å². The molecule has 0 aliphatic carbocycles. The summed E-state index contributed by atoms with van der Waals surface area (Å²) < 4.78 is 10.1. The van der Waals surface area contributed by atoms with Gasteiger partial charge in [-0.25, -0.2) is 14.8 Å². The Kier molecular flexibility index (Phi) is 4.46. The summed E-state index contributed by atoms with van der Waals surface area (Å²) >= 11 is 0. The molecule has 2 rings (SSSR count). The first kappa shape index (κ1) is 12.8. The summed E-state index contributed by atoms with van der Waals surface area (Å²) in [5.41, 5.74) is 0.219. The molecule has 18 heavy (non-hydrogen) atoms. The monoisotopic (exact) mass is 251 g/mol. The first-order valence-corrected chi connectivity index (χ1v) is 6.02. The van der Waals surface area contributed by atoms with E-state index in [4.69, 9.17) is 4.74 Å². The average Bonchev–Trinajstić information content (AvgIpc) is 2.45. The number of hydrogen-bond donors (Lipinski definition) is 1. The van der Waals surface area contributed by atoms with Gasteiger partial charge >= 0.3 is 5.97 Å². The van der Waals surface area contributed by atoms with E-state index in [2.05, 4.69) is 20.0 Å². The van der Waals surface area contributed by atoms with E-state index < -0.39 is 5.97 Å². The molecule has 1 aliphatic heterocycles. The number of hydrogen-bond acceptors (Lipinski definition) is 6. The molecule has 1 unspecified atom stereocenters. The van der Waals surface area contributed by atoms with E-state index in [0.717, 1.165) is 32.6 Å². The highest BCUT2D eigenvalue weighted by Crippen LogP contribution is 2.15. The van der Waals surface area contributed by atoms with Gasteiger partial charge in [0.15, 0.2) is 11.5 Å². The fourth-order valence-electron chi connectivity index (χ4n) is 1.92. The van der Waals surface area contributed by atoms with Crippen molar-refractivity contribution in [3.8, 4) is 0 Å². The van der Waals surface area contributed by atoms with Crippen LogP contribution in [0, 0.1) is 5.92 Å². The Balaban J connectivity index is 1.97. The predicted octanol–water partition coefficient (Wildman–Crippen LogP) is 1.10. The van der Waals surface area contributed by atoms with Gasteiger partial charge in [-0.3, -0.25) is 0 Å². The van der Waals surface area contributed by atoms with Crippen LogP contribution in [-0.2, 0) is 9.47 Å². The summed E-state index contributed by atoms with van der Waals surface area (Å²) in [4.78, 5) is 19.6. The summed E-state index contributed by atoms with van der Waals surface area (Å²) in [6.45, 7) is 2.32. The number of nitrogens with one attached hydrogen (secondary N) is 1. The van der Waals surface area contributed by atoms with Crippen molar-refractivity contribution >= 4 is 11.8 Å². The minimum Gasteiger partial charge on any atom is -0.464 e. The summed E-state index contributed by atoms with van der Waals surface area (Å²) in [6.07, 6.45) is 5.23. The summed E-state index contributed by atoms with van der Waals surface area (Å²) in [7, 11) is 1.33. The molecule has 1 aromatic heterocycles. The number of esters is 1. The van der Waals surface area contributed by atoms with Crippen molar-refractivity contribution in [3.63, 3.8) is 0 Å². The van der Waals surface area contributed by atoms with E-state index in [1.54, 1.807) is 6.20 Å². The number of anilines is 1. The van der Waals surface area contributed by atoms with E-state index in [-0.39, 0.29) is 5.69 Å². The Bertz CT molecular complexity index is 405. The highest BCUT2D eigenvalue weighted by Gasteiger charge is 2.17. The van der Waals surface area contributed by atoms with Crippen molar-refractivity contribution < 1.29 is 14.3 Å². The maximum absolute atomic E-state index is 11.5. The average molecular weight is 251 g/mol. The van der Waals surface area contributed by atoms with Crippen molar-refractivity contribution in [1.82, 2.24) is 9.97 Å². The number of nitrogens with zero attached hydrogens (tertiary/aromatic N) is 2. The van der Waals surface area contributed by atoms with Crippen molar-refractivity contribution in [1.29, 1.82) is 0 Å². The van der Waals surface area contributed by atoms with Crippen LogP contribution in [0.3, 0.4) is 0 Å². The normalized spacial score (nSPS) is 19.3. The molecule has 0 bridgehead atoms. The smallest absolute Gasteiger partial charge is 0.360 e.